The zero-order valence-electron chi connectivity index (χ0n) is 18.4. The Bertz CT molecular complexity index is 1100. The van der Waals surface area contributed by atoms with E-state index in [1.54, 1.807) is 0 Å². The summed E-state index contributed by atoms with van der Waals surface area (Å²) in [6.45, 7) is 2.70. The highest BCUT2D eigenvalue weighted by Crippen LogP contribution is 2.29. The van der Waals surface area contributed by atoms with Crippen molar-refractivity contribution in [3.8, 4) is 0 Å². The van der Waals surface area contributed by atoms with Crippen LogP contribution in [-0.4, -0.2) is 36.2 Å². The first kappa shape index (κ1) is 23.2. The van der Waals surface area contributed by atoms with Gasteiger partial charge in [-0.3, -0.25) is 4.79 Å². The summed E-state index contributed by atoms with van der Waals surface area (Å²) in [6.07, 6.45) is -0.0429. The molecule has 170 valence electrons. The van der Waals surface area contributed by atoms with E-state index in [1.807, 2.05) is 85.8 Å². The molecule has 2 amide bonds. The molecule has 1 aliphatic rings. The molecule has 0 N–H and O–H groups in total. The fraction of sp³-hybridized carbons (Fsp3) is 0.259. The van der Waals surface area contributed by atoms with Gasteiger partial charge in [-0.15, -0.1) is 0 Å². The SMILES string of the molecule is Cc1cc(Br)ccc1[C@H](COCc1ccccc1)C(=O)N1C(=O)OC[C@@H]1Cc1ccccc1. The minimum absolute atomic E-state index is 0.165. The Kier molecular flexibility index (Phi) is 7.57. The predicted octanol–water partition coefficient (Wildman–Crippen LogP) is 5.65. The number of carbonyl (C=O) groups excluding carboxylic acids is 2. The molecule has 0 bridgehead atoms. The second-order valence-corrected chi connectivity index (χ2v) is 9.10. The van der Waals surface area contributed by atoms with Crippen LogP contribution in [0.15, 0.2) is 83.3 Å². The van der Waals surface area contributed by atoms with Crippen LogP contribution in [0.25, 0.3) is 0 Å². The maximum absolute atomic E-state index is 13.8. The van der Waals surface area contributed by atoms with E-state index in [9.17, 15) is 9.59 Å². The molecule has 4 rings (SSSR count). The first-order valence-corrected chi connectivity index (χ1v) is 11.7. The fourth-order valence-corrected chi connectivity index (χ4v) is 4.60. The molecule has 2 atom stereocenters. The summed E-state index contributed by atoms with van der Waals surface area (Å²) in [5.74, 6) is -0.914. The second-order valence-electron chi connectivity index (χ2n) is 8.18. The predicted molar refractivity (Wildman–Crippen MR) is 130 cm³/mol. The van der Waals surface area contributed by atoms with Gasteiger partial charge in [0, 0.05) is 4.47 Å². The van der Waals surface area contributed by atoms with E-state index in [1.165, 1.54) is 4.90 Å². The van der Waals surface area contributed by atoms with Gasteiger partial charge in [0.2, 0.25) is 5.91 Å². The maximum Gasteiger partial charge on any atom is 0.417 e. The van der Waals surface area contributed by atoms with Crippen molar-refractivity contribution in [2.75, 3.05) is 13.2 Å². The number of cyclic esters (lactones) is 1. The van der Waals surface area contributed by atoms with E-state index < -0.39 is 12.0 Å². The maximum atomic E-state index is 13.8. The van der Waals surface area contributed by atoms with Crippen LogP contribution in [0.3, 0.4) is 0 Å². The molecule has 0 radical (unpaired) electrons. The third-order valence-electron chi connectivity index (χ3n) is 5.81. The molecule has 0 saturated carbocycles. The third-order valence-corrected chi connectivity index (χ3v) is 6.31. The van der Waals surface area contributed by atoms with Crippen molar-refractivity contribution < 1.29 is 19.1 Å². The van der Waals surface area contributed by atoms with Crippen LogP contribution < -0.4 is 0 Å². The Hall–Kier alpha value is -2.96. The highest BCUT2D eigenvalue weighted by atomic mass is 79.9. The van der Waals surface area contributed by atoms with Crippen LogP contribution in [0.1, 0.15) is 28.2 Å². The number of benzene rings is 3. The van der Waals surface area contributed by atoms with Gasteiger partial charge >= 0.3 is 6.09 Å². The first-order chi connectivity index (χ1) is 16.0. The summed E-state index contributed by atoms with van der Waals surface area (Å²) >= 11 is 3.49. The Morgan fingerprint density at radius 1 is 1.06 bits per heavy atom. The van der Waals surface area contributed by atoms with Crippen molar-refractivity contribution in [1.82, 2.24) is 4.90 Å². The molecule has 0 unspecified atom stereocenters. The molecule has 0 aromatic heterocycles. The molecule has 1 heterocycles. The second kappa shape index (κ2) is 10.8. The summed E-state index contributed by atoms with van der Waals surface area (Å²) in [6, 6.07) is 25.1. The Balaban J connectivity index is 1.57. The van der Waals surface area contributed by atoms with Crippen LogP contribution in [0.5, 0.6) is 0 Å². The number of imide groups is 1. The number of hydrogen-bond acceptors (Lipinski definition) is 4. The summed E-state index contributed by atoms with van der Waals surface area (Å²) in [5.41, 5.74) is 3.88. The standard InChI is InChI=1S/C27H26BrNO4/c1-19-14-22(28)12-13-24(19)25(18-32-16-21-10-6-3-7-11-21)26(30)29-23(17-33-27(29)31)15-20-8-4-2-5-9-20/h2-14,23,25H,15-18H2,1H3/t23-,25-/m0/s1. The highest BCUT2D eigenvalue weighted by Gasteiger charge is 2.41. The van der Waals surface area contributed by atoms with Crippen molar-refractivity contribution in [2.45, 2.75) is 31.9 Å². The molecule has 3 aromatic carbocycles. The largest absolute Gasteiger partial charge is 0.447 e. The molecule has 0 spiro atoms. The Morgan fingerprint density at radius 2 is 1.73 bits per heavy atom. The van der Waals surface area contributed by atoms with Gasteiger partial charge in [0.15, 0.2) is 0 Å². The van der Waals surface area contributed by atoms with Crippen LogP contribution in [0.2, 0.25) is 0 Å². The normalized spacial score (nSPS) is 16.5. The minimum atomic E-state index is -0.620. The quantitative estimate of drug-likeness (QED) is 0.395. The molecule has 6 heteroatoms. The lowest BCUT2D eigenvalue weighted by atomic mass is 9.93. The monoisotopic (exact) mass is 507 g/mol. The summed E-state index contributed by atoms with van der Waals surface area (Å²) < 4.78 is 12.2. The highest BCUT2D eigenvalue weighted by molar-refractivity contribution is 9.10. The van der Waals surface area contributed by atoms with Gasteiger partial charge in [-0.2, -0.15) is 0 Å². The molecular formula is C27H26BrNO4. The van der Waals surface area contributed by atoms with E-state index in [0.717, 1.165) is 26.7 Å². The number of hydrogen-bond donors (Lipinski definition) is 0. The summed E-state index contributed by atoms with van der Waals surface area (Å²) in [4.78, 5) is 27.7. The number of nitrogens with zero attached hydrogens (tertiary/aromatic N) is 1. The zero-order valence-corrected chi connectivity index (χ0v) is 20.0. The first-order valence-electron chi connectivity index (χ1n) is 10.9. The number of carbonyl (C=O) groups is 2. The summed E-state index contributed by atoms with van der Waals surface area (Å²) in [7, 11) is 0. The van der Waals surface area contributed by atoms with Gasteiger partial charge in [-0.1, -0.05) is 82.7 Å². The van der Waals surface area contributed by atoms with Crippen molar-refractivity contribution in [3.63, 3.8) is 0 Å². The van der Waals surface area contributed by atoms with E-state index >= 15 is 0 Å². The van der Waals surface area contributed by atoms with Crippen molar-refractivity contribution in [1.29, 1.82) is 0 Å². The van der Waals surface area contributed by atoms with Gasteiger partial charge < -0.3 is 9.47 Å². The third kappa shape index (κ3) is 5.70. The van der Waals surface area contributed by atoms with Crippen LogP contribution >= 0.6 is 15.9 Å². The lowest BCUT2D eigenvalue weighted by molar-refractivity contribution is -0.132. The number of amides is 2. The molecule has 3 aromatic rings. The molecule has 5 nitrogen and oxygen atoms in total. The Morgan fingerprint density at radius 3 is 2.39 bits per heavy atom. The molecule has 1 saturated heterocycles. The molecule has 1 fully saturated rings. The average Bonchev–Trinajstić information content (AvgIpc) is 3.18. The van der Waals surface area contributed by atoms with Gasteiger partial charge in [0.1, 0.15) is 6.61 Å². The van der Waals surface area contributed by atoms with Crippen molar-refractivity contribution in [2.24, 2.45) is 0 Å². The minimum Gasteiger partial charge on any atom is -0.447 e. The zero-order chi connectivity index (χ0) is 23.2. The van der Waals surface area contributed by atoms with Gasteiger partial charge in [-0.25, -0.2) is 9.69 Å². The van der Waals surface area contributed by atoms with E-state index in [2.05, 4.69) is 15.9 Å². The van der Waals surface area contributed by atoms with E-state index in [-0.39, 0.29) is 25.2 Å². The van der Waals surface area contributed by atoms with Crippen LogP contribution in [0.4, 0.5) is 4.79 Å². The van der Waals surface area contributed by atoms with E-state index in [4.69, 9.17) is 9.47 Å². The van der Waals surface area contributed by atoms with Crippen LogP contribution in [0, 0.1) is 6.92 Å². The molecule has 0 aliphatic carbocycles. The molecule has 1 aliphatic heterocycles. The smallest absolute Gasteiger partial charge is 0.417 e. The number of halogens is 1. The van der Waals surface area contributed by atoms with Gasteiger partial charge in [0.25, 0.3) is 0 Å². The number of ether oxygens (including phenoxy) is 2. The van der Waals surface area contributed by atoms with Crippen molar-refractivity contribution in [3.05, 3.63) is 106 Å². The topological polar surface area (TPSA) is 55.8 Å². The lowest BCUT2D eigenvalue weighted by Crippen LogP contribution is -2.44. The molecule has 33 heavy (non-hydrogen) atoms. The number of aryl methyl sites for hydroxylation is 1. The lowest BCUT2D eigenvalue weighted by Gasteiger charge is -2.26. The number of rotatable bonds is 8. The molecular weight excluding hydrogens is 482 g/mol. The summed E-state index contributed by atoms with van der Waals surface area (Å²) in [5, 5.41) is 0. The van der Waals surface area contributed by atoms with Gasteiger partial charge in [-0.05, 0) is 47.7 Å². The van der Waals surface area contributed by atoms with Crippen LogP contribution in [-0.2, 0) is 27.3 Å². The van der Waals surface area contributed by atoms with Gasteiger partial charge in [0.05, 0.1) is 25.2 Å². The average molecular weight is 508 g/mol. The van der Waals surface area contributed by atoms with E-state index in [0.29, 0.717) is 13.0 Å². The Labute approximate surface area is 202 Å². The fourth-order valence-electron chi connectivity index (χ4n) is 4.13. The van der Waals surface area contributed by atoms with Crippen molar-refractivity contribution >= 4 is 27.9 Å².